The Morgan fingerprint density at radius 3 is 2.68 bits per heavy atom. The van der Waals surface area contributed by atoms with Crippen LogP contribution in [0.25, 0.3) is 10.9 Å². The number of hydrogen-bond donors (Lipinski definition) is 4. The molecule has 31 heavy (non-hydrogen) atoms. The van der Waals surface area contributed by atoms with Crippen LogP contribution >= 0.6 is 0 Å². The summed E-state index contributed by atoms with van der Waals surface area (Å²) in [5.74, 6) is -0.559. The lowest BCUT2D eigenvalue weighted by Gasteiger charge is -2.09. The normalized spacial score (nSPS) is 10.6. The molecule has 0 aliphatic carbocycles. The number of aromatic nitrogens is 2. The summed E-state index contributed by atoms with van der Waals surface area (Å²) < 4.78 is 13.5. The maximum absolute atomic E-state index is 13.5. The zero-order valence-electron chi connectivity index (χ0n) is 16.5. The van der Waals surface area contributed by atoms with Gasteiger partial charge in [0.25, 0.3) is 5.91 Å². The van der Waals surface area contributed by atoms with Gasteiger partial charge in [-0.25, -0.2) is 9.18 Å². The number of carbonyl (C=O) groups is 2. The molecule has 0 saturated heterocycles. The van der Waals surface area contributed by atoms with Gasteiger partial charge in [0.1, 0.15) is 5.82 Å². The van der Waals surface area contributed by atoms with E-state index in [1.807, 2.05) is 6.20 Å². The summed E-state index contributed by atoms with van der Waals surface area (Å²) in [6.45, 7) is 0.390. The fourth-order valence-electron chi connectivity index (χ4n) is 3.24. The minimum absolute atomic E-state index is 0.262. The molecule has 8 heteroatoms. The van der Waals surface area contributed by atoms with Gasteiger partial charge in [0.15, 0.2) is 0 Å². The van der Waals surface area contributed by atoms with E-state index in [-0.39, 0.29) is 11.7 Å². The summed E-state index contributed by atoms with van der Waals surface area (Å²) in [5.41, 5.74) is 3.25. The van der Waals surface area contributed by atoms with Crippen molar-refractivity contribution in [2.75, 3.05) is 17.2 Å². The van der Waals surface area contributed by atoms with Crippen molar-refractivity contribution in [1.29, 1.82) is 0 Å². The molecular formula is C23H20FN5O2. The highest BCUT2D eigenvalue weighted by Crippen LogP contribution is 2.19. The highest BCUT2D eigenvalue weighted by Gasteiger charge is 2.09. The van der Waals surface area contributed by atoms with Crippen LogP contribution in [-0.4, -0.2) is 28.5 Å². The number of nitrogens with zero attached hydrogens (tertiary/aromatic N) is 1. The monoisotopic (exact) mass is 417 g/mol. The van der Waals surface area contributed by atoms with E-state index in [0.717, 1.165) is 16.5 Å². The zero-order valence-corrected chi connectivity index (χ0v) is 16.5. The first kappa shape index (κ1) is 20.1. The number of halogens is 1. The number of rotatable bonds is 6. The first-order valence-corrected chi connectivity index (χ1v) is 9.70. The van der Waals surface area contributed by atoms with Crippen LogP contribution in [0.1, 0.15) is 15.9 Å². The van der Waals surface area contributed by atoms with E-state index in [9.17, 15) is 14.0 Å². The number of pyridine rings is 1. The van der Waals surface area contributed by atoms with Crippen LogP contribution < -0.4 is 16.0 Å². The highest BCUT2D eigenvalue weighted by atomic mass is 19.1. The van der Waals surface area contributed by atoms with Gasteiger partial charge in [-0.2, -0.15) is 0 Å². The van der Waals surface area contributed by atoms with Crippen molar-refractivity contribution in [3.05, 3.63) is 90.1 Å². The number of carbonyl (C=O) groups excluding carboxylic acids is 2. The van der Waals surface area contributed by atoms with Gasteiger partial charge in [-0.1, -0.05) is 6.07 Å². The van der Waals surface area contributed by atoms with Crippen molar-refractivity contribution in [3.8, 4) is 0 Å². The summed E-state index contributed by atoms with van der Waals surface area (Å²) >= 11 is 0. The van der Waals surface area contributed by atoms with Crippen molar-refractivity contribution in [2.45, 2.75) is 6.42 Å². The van der Waals surface area contributed by atoms with Crippen molar-refractivity contribution in [3.63, 3.8) is 0 Å². The Labute approximate surface area is 177 Å². The largest absolute Gasteiger partial charge is 0.361 e. The predicted molar refractivity (Wildman–Crippen MR) is 118 cm³/mol. The van der Waals surface area contributed by atoms with E-state index in [1.165, 1.54) is 18.3 Å². The molecule has 0 atom stereocenters. The summed E-state index contributed by atoms with van der Waals surface area (Å²) in [4.78, 5) is 31.7. The number of H-pyrrole nitrogens is 1. The van der Waals surface area contributed by atoms with Crippen LogP contribution in [-0.2, 0) is 6.42 Å². The molecule has 7 nitrogen and oxygen atoms in total. The Bertz CT molecular complexity index is 1220. The van der Waals surface area contributed by atoms with Crippen molar-refractivity contribution < 1.29 is 14.0 Å². The molecule has 156 valence electrons. The molecule has 2 aromatic carbocycles. The fourth-order valence-corrected chi connectivity index (χ4v) is 3.24. The number of amides is 3. The van der Waals surface area contributed by atoms with Crippen LogP contribution in [0.5, 0.6) is 0 Å². The average Bonchev–Trinajstić information content (AvgIpc) is 3.16. The van der Waals surface area contributed by atoms with E-state index >= 15 is 0 Å². The van der Waals surface area contributed by atoms with Crippen LogP contribution in [0.3, 0.4) is 0 Å². The topological polar surface area (TPSA) is 98.9 Å². The smallest absolute Gasteiger partial charge is 0.323 e. The number of urea groups is 1. The fraction of sp³-hybridized carbons (Fsp3) is 0.0870. The molecule has 0 fully saturated rings. The van der Waals surface area contributed by atoms with E-state index < -0.39 is 6.03 Å². The van der Waals surface area contributed by atoms with Gasteiger partial charge in [-0.05, 0) is 60.5 Å². The molecule has 2 heterocycles. The summed E-state index contributed by atoms with van der Waals surface area (Å²) in [6.07, 6.45) is 5.52. The molecule has 0 spiro atoms. The van der Waals surface area contributed by atoms with Crippen LogP contribution in [0.4, 0.5) is 20.6 Å². The lowest BCUT2D eigenvalue weighted by molar-refractivity contribution is 0.0954. The first-order chi connectivity index (χ1) is 15.1. The molecule has 4 N–H and O–H groups in total. The molecule has 3 amide bonds. The zero-order chi connectivity index (χ0) is 21.6. The molecule has 0 unspecified atom stereocenters. The maximum atomic E-state index is 13.5. The quantitative estimate of drug-likeness (QED) is 0.376. The summed E-state index contributed by atoms with van der Waals surface area (Å²) in [5, 5.41) is 9.02. The van der Waals surface area contributed by atoms with Crippen molar-refractivity contribution in [2.24, 2.45) is 0 Å². The number of hydrogen-bond acceptors (Lipinski definition) is 3. The average molecular weight is 417 g/mol. The third kappa shape index (κ3) is 5.05. The van der Waals surface area contributed by atoms with E-state index in [2.05, 4.69) is 25.9 Å². The Hall–Kier alpha value is -4.20. The lowest BCUT2D eigenvalue weighted by Crippen LogP contribution is -2.26. The standard InChI is InChI=1S/C23H20FN5O2/c24-17-6-7-21-20(12-17)16(13-27-21)8-10-26-22(30)15-3-1-4-18(11-15)28-23(31)29-19-5-2-9-25-14-19/h1-7,9,11-14,27H,8,10H2,(H,26,30)(H2,28,29,31). The maximum Gasteiger partial charge on any atom is 0.323 e. The molecule has 2 aromatic heterocycles. The first-order valence-electron chi connectivity index (χ1n) is 9.70. The molecular weight excluding hydrogens is 397 g/mol. The molecule has 0 bridgehead atoms. The minimum atomic E-state index is -0.433. The van der Waals surface area contributed by atoms with Crippen molar-refractivity contribution >= 4 is 34.2 Å². The molecule has 4 rings (SSSR count). The third-order valence-corrected chi connectivity index (χ3v) is 4.71. The Balaban J connectivity index is 1.33. The highest BCUT2D eigenvalue weighted by molar-refractivity contribution is 6.01. The third-order valence-electron chi connectivity index (χ3n) is 4.71. The molecule has 0 radical (unpaired) electrons. The minimum Gasteiger partial charge on any atom is -0.361 e. The van der Waals surface area contributed by atoms with Gasteiger partial charge >= 0.3 is 6.03 Å². The van der Waals surface area contributed by atoms with Crippen LogP contribution in [0.15, 0.2) is 73.2 Å². The van der Waals surface area contributed by atoms with Gasteiger partial charge in [-0.15, -0.1) is 0 Å². The van der Waals surface area contributed by atoms with Gasteiger partial charge < -0.3 is 20.9 Å². The van der Waals surface area contributed by atoms with Gasteiger partial charge in [-0.3, -0.25) is 9.78 Å². The number of nitrogens with one attached hydrogen (secondary N) is 4. The predicted octanol–water partition coefficient (Wildman–Crippen LogP) is 4.32. The number of benzene rings is 2. The van der Waals surface area contributed by atoms with Gasteiger partial charge in [0.2, 0.25) is 0 Å². The second kappa shape index (κ2) is 9.08. The van der Waals surface area contributed by atoms with E-state index in [4.69, 9.17) is 0 Å². The summed E-state index contributed by atoms with van der Waals surface area (Å²) in [7, 11) is 0. The Kier molecular flexibility index (Phi) is 5.89. The number of aromatic amines is 1. The SMILES string of the molecule is O=C(Nc1cccnc1)Nc1cccc(C(=O)NCCc2c[nH]c3ccc(F)cc23)c1. The van der Waals surface area contributed by atoms with Gasteiger partial charge in [0.05, 0.1) is 11.9 Å². The summed E-state index contributed by atoms with van der Waals surface area (Å²) in [6, 6.07) is 14.2. The second-order valence-corrected chi connectivity index (χ2v) is 6.91. The van der Waals surface area contributed by atoms with Crippen LogP contribution in [0.2, 0.25) is 0 Å². The molecule has 0 aliphatic rings. The Morgan fingerprint density at radius 2 is 1.84 bits per heavy atom. The van der Waals surface area contributed by atoms with Gasteiger partial charge in [0, 0.05) is 41.1 Å². The lowest BCUT2D eigenvalue weighted by atomic mass is 10.1. The number of anilines is 2. The van der Waals surface area contributed by atoms with E-state index in [0.29, 0.717) is 29.9 Å². The van der Waals surface area contributed by atoms with Crippen LogP contribution in [0, 0.1) is 5.82 Å². The second-order valence-electron chi connectivity index (χ2n) is 6.91. The van der Waals surface area contributed by atoms with Crippen molar-refractivity contribution in [1.82, 2.24) is 15.3 Å². The van der Waals surface area contributed by atoms with E-state index in [1.54, 1.807) is 48.7 Å². The molecule has 4 aromatic rings. The molecule has 0 saturated carbocycles. The molecule has 0 aliphatic heterocycles. The Morgan fingerprint density at radius 1 is 1.00 bits per heavy atom. The number of fused-ring (bicyclic) bond motifs is 1.